The molecule has 3 aromatic rings. The first kappa shape index (κ1) is 25.6. The van der Waals surface area contributed by atoms with E-state index in [0.717, 1.165) is 24.8 Å². The van der Waals surface area contributed by atoms with E-state index in [0.29, 0.717) is 55.6 Å². The number of halogens is 2. The molecule has 5 rings (SSSR count). The third kappa shape index (κ3) is 5.18. The molecular formula is C25H30F2N6O3S. The highest BCUT2D eigenvalue weighted by atomic mass is 32.2. The Morgan fingerprint density at radius 3 is 2.51 bits per heavy atom. The first-order valence-electron chi connectivity index (χ1n) is 12.2. The summed E-state index contributed by atoms with van der Waals surface area (Å²) in [5.41, 5.74) is 2.90. The van der Waals surface area contributed by atoms with Gasteiger partial charge in [-0.05, 0) is 19.9 Å². The lowest BCUT2D eigenvalue weighted by atomic mass is 10.1. The van der Waals surface area contributed by atoms with Crippen LogP contribution in [0.4, 0.5) is 31.7 Å². The number of aromatic nitrogens is 2. The number of rotatable bonds is 5. The van der Waals surface area contributed by atoms with E-state index in [1.165, 1.54) is 16.6 Å². The highest BCUT2D eigenvalue weighted by Crippen LogP contribution is 2.37. The predicted molar refractivity (Wildman–Crippen MR) is 140 cm³/mol. The summed E-state index contributed by atoms with van der Waals surface area (Å²) in [6.45, 7) is 7.54. The van der Waals surface area contributed by atoms with Gasteiger partial charge in [-0.25, -0.2) is 22.2 Å². The molecule has 0 unspecified atom stereocenters. The molecule has 0 saturated carbocycles. The van der Waals surface area contributed by atoms with Crippen LogP contribution in [0.25, 0.3) is 10.9 Å². The number of sulfonamides is 1. The zero-order chi connectivity index (χ0) is 26.3. The number of hydrogen-bond acceptors (Lipinski definition) is 8. The minimum atomic E-state index is -3.34. The van der Waals surface area contributed by atoms with Crippen LogP contribution in [-0.4, -0.2) is 80.9 Å². The molecular weight excluding hydrogens is 502 g/mol. The zero-order valence-electron chi connectivity index (χ0n) is 21.0. The first-order valence-corrected chi connectivity index (χ1v) is 14.0. The third-order valence-electron chi connectivity index (χ3n) is 6.88. The molecule has 2 aliphatic heterocycles. The summed E-state index contributed by atoms with van der Waals surface area (Å²) in [5.74, 6) is -0.881. The van der Waals surface area contributed by atoms with Gasteiger partial charge in [0.1, 0.15) is 17.5 Å². The summed E-state index contributed by atoms with van der Waals surface area (Å²) < 4.78 is 60.5. The van der Waals surface area contributed by atoms with Gasteiger partial charge in [-0.2, -0.15) is 4.31 Å². The maximum absolute atomic E-state index is 15.1. The van der Waals surface area contributed by atoms with Gasteiger partial charge < -0.3 is 19.9 Å². The summed E-state index contributed by atoms with van der Waals surface area (Å²) in [7, 11) is -3.34. The van der Waals surface area contributed by atoms with Gasteiger partial charge in [0, 0.05) is 56.5 Å². The van der Waals surface area contributed by atoms with Gasteiger partial charge in [-0.3, -0.25) is 4.98 Å². The Morgan fingerprint density at radius 1 is 1.05 bits per heavy atom. The monoisotopic (exact) mass is 532 g/mol. The molecule has 0 amide bonds. The minimum Gasteiger partial charge on any atom is -0.378 e. The number of hydrogen-bond donors (Lipinski definition) is 1. The molecule has 2 aromatic heterocycles. The lowest BCUT2D eigenvalue weighted by molar-refractivity contribution is 0.122. The van der Waals surface area contributed by atoms with Gasteiger partial charge in [0.05, 0.1) is 59.8 Å². The number of anilines is 4. The van der Waals surface area contributed by atoms with Crippen LogP contribution in [0.1, 0.15) is 12.5 Å². The molecule has 2 saturated heterocycles. The highest BCUT2D eigenvalue weighted by molar-refractivity contribution is 7.88. The zero-order valence-corrected chi connectivity index (χ0v) is 21.9. The normalized spacial score (nSPS) is 19.4. The second-order valence-electron chi connectivity index (χ2n) is 9.54. The van der Waals surface area contributed by atoms with Gasteiger partial charge in [-0.1, -0.05) is 0 Å². The quantitative estimate of drug-likeness (QED) is 0.536. The van der Waals surface area contributed by atoms with Crippen LogP contribution >= 0.6 is 0 Å². The van der Waals surface area contributed by atoms with E-state index in [9.17, 15) is 12.8 Å². The van der Waals surface area contributed by atoms with Gasteiger partial charge in [-0.15, -0.1) is 0 Å². The molecule has 0 aliphatic carbocycles. The summed E-state index contributed by atoms with van der Waals surface area (Å²) >= 11 is 0. The predicted octanol–water partition coefficient (Wildman–Crippen LogP) is 3.27. The van der Waals surface area contributed by atoms with Crippen LogP contribution in [0, 0.1) is 18.6 Å². The average Bonchev–Trinajstić information content (AvgIpc) is 2.85. The van der Waals surface area contributed by atoms with Crippen molar-refractivity contribution < 1.29 is 21.9 Å². The third-order valence-corrected chi connectivity index (χ3v) is 8.28. The van der Waals surface area contributed by atoms with Crippen LogP contribution in [0.5, 0.6) is 0 Å². The molecule has 198 valence electrons. The number of ether oxygens (including phenoxy) is 1. The van der Waals surface area contributed by atoms with Crippen molar-refractivity contribution in [3.05, 3.63) is 47.8 Å². The summed E-state index contributed by atoms with van der Waals surface area (Å²) in [4.78, 5) is 13.1. The van der Waals surface area contributed by atoms with E-state index in [2.05, 4.69) is 20.2 Å². The highest BCUT2D eigenvalue weighted by Gasteiger charge is 2.32. The van der Waals surface area contributed by atoms with E-state index in [1.807, 2.05) is 24.8 Å². The number of piperazine rings is 1. The smallest absolute Gasteiger partial charge is 0.211 e. The lowest BCUT2D eigenvalue weighted by Gasteiger charge is -2.39. The van der Waals surface area contributed by atoms with Gasteiger partial charge >= 0.3 is 0 Å². The van der Waals surface area contributed by atoms with Crippen molar-refractivity contribution in [2.45, 2.75) is 19.9 Å². The molecule has 4 heterocycles. The van der Waals surface area contributed by atoms with E-state index in [-0.39, 0.29) is 16.9 Å². The Bertz CT molecular complexity index is 1430. The Kier molecular flexibility index (Phi) is 6.90. The second kappa shape index (κ2) is 9.99. The fourth-order valence-corrected chi connectivity index (χ4v) is 6.25. The van der Waals surface area contributed by atoms with Crippen LogP contribution in [0.3, 0.4) is 0 Å². The summed E-state index contributed by atoms with van der Waals surface area (Å²) in [6, 6.07) is 3.73. The molecule has 12 heteroatoms. The van der Waals surface area contributed by atoms with Crippen molar-refractivity contribution in [3.8, 4) is 0 Å². The Balaban J connectivity index is 1.55. The van der Waals surface area contributed by atoms with Crippen molar-refractivity contribution in [1.82, 2.24) is 14.3 Å². The van der Waals surface area contributed by atoms with Crippen molar-refractivity contribution >= 4 is 43.8 Å². The summed E-state index contributed by atoms with van der Waals surface area (Å²) in [6.07, 6.45) is 4.63. The van der Waals surface area contributed by atoms with Crippen molar-refractivity contribution in [2.75, 3.05) is 67.3 Å². The first-order chi connectivity index (χ1) is 17.6. The van der Waals surface area contributed by atoms with Gasteiger partial charge in [0.25, 0.3) is 0 Å². The fraction of sp³-hybridized carbons (Fsp3) is 0.440. The molecule has 1 aromatic carbocycles. The number of benzene rings is 1. The summed E-state index contributed by atoms with van der Waals surface area (Å²) in [5, 5.41) is 3.51. The van der Waals surface area contributed by atoms with E-state index in [4.69, 9.17) is 4.74 Å². The minimum absolute atomic E-state index is 0.177. The number of nitrogens with zero attached hydrogens (tertiary/aromatic N) is 5. The number of fused-ring (bicyclic) bond motifs is 1. The van der Waals surface area contributed by atoms with Crippen molar-refractivity contribution in [3.63, 3.8) is 0 Å². The molecule has 0 bridgehead atoms. The fourth-order valence-electron chi connectivity index (χ4n) is 5.12. The standard InChI is InChI=1S/C25H30F2N6O3S/c1-16-15-32(4-5-33(16)37(3,34)35)25-17(2)24(23-21(27)10-18(26)11-22(23)30-25)29-19-12-20(14-28-13-19)31-6-8-36-9-7-31/h10-14,16H,4-9,15H2,1-3H3,(H,29,30)/t16-/m0/s1. The van der Waals surface area contributed by atoms with E-state index in [1.54, 1.807) is 12.4 Å². The Morgan fingerprint density at radius 2 is 1.81 bits per heavy atom. The second-order valence-corrected chi connectivity index (χ2v) is 11.5. The Hall–Kier alpha value is -3.09. The number of morpholine rings is 1. The number of pyridine rings is 2. The van der Waals surface area contributed by atoms with Crippen LogP contribution in [0.2, 0.25) is 0 Å². The largest absolute Gasteiger partial charge is 0.378 e. The molecule has 9 nitrogen and oxygen atoms in total. The molecule has 2 aliphatic rings. The van der Waals surface area contributed by atoms with Crippen LogP contribution in [0.15, 0.2) is 30.6 Å². The van der Waals surface area contributed by atoms with Crippen molar-refractivity contribution in [1.29, 1.82) is 0 Å². The molecule has 37 heavy (non-hydrogen) atoms. The van der Waals surface area contributed by atoms with Crippen LogP contribution in [-0.2, 0) is 14.8 Å². The number of nitrogens with one attached hydrogen (secondary N) is 1. The molecule has 1 atom stereocenters. The molecule has 0 radical (unpaired) electrons. The molecule has 1 N–H and O–H groups in total. The topological polar surface area (TPSA) is 90.9 Å². The van der Waals surface area contributed by atoms with E-state index < -0.39 is 21.7 Å². The van der Waals surface area contributed by atoms with Crippen molar-refractivity contribution in [2.24, 2.45) is 0 Å². The van der Waals surface area contributed by atoms with Gasteiger partial charge in [0.2, 0.25) is 10.0 Å². The maximum atomic E-state index is 15.1. The van der Waals surface area contributed by atoms with Crippen LogP contribution < -0.4 is 15.1 Å². The van der Waals surface area contributed by atoms with Gasteiger partial charge in [0.15, 0.2) is 0 Å². The average molecular weight is 533 g/mol. The molecule has 0 spiro atoms. The maximum Gasteiger partial charge on any atom is 0.211 e. The SMILES string of the molecule is Cc1c(N2CCN(S(C)(=O)=O)[C@@H](C)C2)nc2cc(F)cc(F)c2c1Nc1cncc(N2CCOCC2)c1. The lowest BCUT2D eigenvalue weighted by Crippen LogP contribution is -2.54. The van der Waals surface area contributed by atoms with E-state index >= 15 is 4.39 Å². The molecule has 2 fully saturated rings. The Labute approximate surface area is 215 Å².